The first-order chi connectivity index (χ1) is 8.56. The summed E-state index contributed by atoms with van der Waals surface area (Å²) in [6.07, 6.45) is 0. The number of hydrogen-bond donors (Lipinski definition) is 1. The van der Waals surface area contributed by atoms with E-state index in [1.165, 1.54) is 12.1 Å². The summed E-state index contributed by atoms with van der Waals surface area (Å²) in [5.74, 6) is -0.247. The highest BCUT2D eigenvalue weighted by Crippen LogP contribution is 2.20. The normalized spacial score (nSPS) is 12.3. The molecule has 94 valence electrons. The second-order valence-corrected chi connectivity index (χ2v) is 6.14. The molecular formula is C13H11BrFNOS. The SMILES string of the molecule is Nc1ccc(S(=O)Cc2cccc(Br)c2)c(F)c1. The molecule has 2 nitrogen and oxygen atoms in total. The van der Waals surface area contributed by atoms with Gasteiger partial charge in [0.25, 0.3) is 0 Å². The van der Waals surface area contributed by atoms with Crippen LogP contribution >= 0.6 is 15.9 Å². The number of nitrogens with two attached hydrogens (primary N) is 1. The molecule has 0 aliphatic carbocycles. The predicted molar refractivity (Wildman–Crippen MR) is 75.1 cm³/mol. The van der Waals surface area contributed by atoms with Crippen LogP contribution in [0.5, 0.6) is 0 Å². The fraction of sp³-hybridized carbons (Fsp3) is 0.0769. The van der Waals surface area contributed by atoms with Crippen LogP contribution in [-0.4, -0.2) is 4.21 Å². The summed E-state index contributed by atoms with van der Waals surface area (Å²) in [4.78, 5) is 0.184. The zero-order chi connectivity index (χ0) is 13.1. The highest BCUT2D eigenvalue weighted by molar-refractivity contribution is 9.10. The molecule has 2 rings (SSSR count). The van der Waals surface area contributed by atoms with E-state index in [9.17, 15) is 8.60 Å². The van der Waals surface area contributed by atoms with Crippen LogP contribution < -0.4 is 5.73 Å². The number of halogens is 2. The fourth-order valence-corrected chi connectivity index (χ4v) is 3.14. The lowest BCUT2D eigenvalue weighted by Gasteiger charge is -2.05. The Morgan fingerprint density at radius 3 is 2.67 bits per heavy atom. The molecule has 0 aliphatic heterocycles. The molecule has 0 bridgehead atoms. The molecule has 2 aromatic rings. The standard InChI is InChI=1S/C13H11BrFNOS/c14-10-3-1-2-9(6-10)8-18(17)13-5-4-11(16)7-12(13)15/h1-7H,8,16H2. The van der Waals surface area contributed by atoms with Gasteiger partial charge in [0.05, 0.1) is 21.4 Å². The number of hydrogen-bond acceptors (Lipinski definition) is 2. The molecular weight excluding hydrogens is 317 g/mol. The van der Waals surface area contributed by atoms with Crippen LogP contribution in [0.3, 0.4) is 0 Å². The van der Waals surface area contributed by atoms with Crippen molar-refractivity contribution in [1.82, 2.24) is 0 Å². The lowest BCUT2D eigenvalue weighted by atomic mass is 10.2. The van der Waals surface area contributed by atoms with Crippen LogP contribution in [0, 0.1) is 5.82 Å². The second-order valence-electron chi connectivity index (χ2n) is 3.81. The molecule has 5 heteroatoms. The van der Waals surface area contributed by atoms with Crippen molar-refractivity contribution in [3.05, 3.63) is 58.3 Å². The lowest BCUT2D eigenvalue weighted by Crippen LogP contribution is -2.00. The first-order valence-corrected chi connectivity index (χ1v) is 7.35. The summed E-state index contributed by atoms with van der Waals surface area (Å²) in [6, 6.07) is 11.7. The molecule has 2 N–H and O–H groups in total. The van der Waals surface area contributed by atoms with Gasteiger partial charge in [0, 0.05) is 10.2 Å². The summed E-state index contributed by atoms with van der Waals surface area (Å²) in [5, 5.41) is 0. The molecule has 0 aliphatic rings. The molecule has 0 amide bonds. The molecule has 0 heterocycles. The summed E-state index contributed by atoms with van der Waals surface area (Å²) < 4.78 is 26.6. The van der Waals surface area contributed by atoms with E-state index < -0.39 is 16.6 Å². The summed E-state index contributed by atoms with van der Waals surface area (Å²) in [7, 11) is -1.41. The molecule has 2 aromatic carbocycles. The van der Waals surface area contributed by atoms with E-state index in [-0.39, 0.29) is 10.6 Å². The van der Waals surface area contributed by atoms with Crippen LogP contribution in [-0.2, 0) is 16.6 Å². The minimum atomic E-state index is -1.41. The lowest BCUT2D eigenvalue weighted by molar-refractivity contribution is 0.596. The highest BCUT2D eigenvalue weighted by atomic mass is 79.9. The van der Waals surface area contributed by atoms with Crippen LogP contribution in [0.15, 0.2) is 51.8 Å². The van der Waals surface area contributed by atoms with Gasteiger partial charge in [-0.05, 0) is 35.9 Å². The molecule has 1 atom stereocenters. The first-order valence-electron chi connectivity index (χ1n) is 5.24. The van der Waals surface area contributed by atoms with Crippen LogP contribution in [0.2, 0.25) is 0 Å². The monoisotopic (exact) mass is 327 g/mol. The average molecular weight is 328 g/mol. The maximum Gasteiger partial charge on any atom is 0.141 e. The van der Waals surface area contributed by atoms with Crippen molar-refractivity contribution in [2.24, 2.45) is 0 Å². The Morgan fingerprint density at radius 2 is 2.00 bits per heavy atom. The maximum absolute atomic E-state index is 13.6. The Kier molecular flexibility index (Phi) is 4.14. The third-order valence-electron chi connectivity index (χ3n) is 2.39. The van der Waals surface area contributed by atoms with Gasteiger partial charge in [0.2, 0.25) is 0 Å². The van der Waals surface area contributed by atoms with Crippen molar-refractivity contribution >= 4 is 32.4 Å². The van der Waals surface area contributed by atoms with Gasteiger partial charge < -0.3 is 5.73 Å². The van der Waals surface area contributed by atoms with E-state index in [2.05, 4.69) is 15.9 Å². The minimum Gasteiger partial charge on any atom is -0.399 e. The van der Waals surface area contributed by atoms with E-state index in [0.717, 1.165) is 10.0 Å². The van der Waals surface area contributed by atoms with Crippen LogP contribution in [0.25, 0.3) is 0 Å². The fourth-order valence-electron chi connectivity index (χ4n) is 1.56. The molecule has 0 saturated heterocycles. The number of rotatable bonds is 3. The molecule has 0 fully saturated rings. The second kappa shape index (κ2) is 5.63. The van der Waals surface area contributed by atoms with E-state index >= 15 is 0 Å². The number of anilines is 1. The Bertz CT molecular complexity index is 603. The molecule has 0 spiro atoms. The summed E-state index contributed by atoms with van der Waals surface area (Å²) in [5.41, 5.74) is 6.67. The molecule has 18 heavy (non-hydrogen) atoms. The highest BCUT2D eigenvalue weighted by Gasteiger charge is 2.11. The topological polar surface area (TPSA) is 43.1 Å². The summed E-state index contributed by atoms with van der Waals surface area (Å²) >= 11 is 3.34. The summed E-state index contributed by atoms with van der Waals surface area (Å²) in [6.45, 7) is 0. The molecule has 0 radical (unpaired) electrons. The zero-order valence-electron chi connectivity index (χ0n) is 9.40. The van der Waals surface area contributed by atoms with Crippen LogP contribution in [0.4, 0.5) is 10.1 Å². The largest absolute Gasteiger partial charge is 0.399 e. The van der Waals surface area contributed by atoms with Crippen molar-refractivity contribution < 1.29 is 8.60 Å². The molecule has 0 saturated carbocycles. The predicted octanol–water partition coefficient (Wildman–Crippen LogP) is 3.48. The number of benzene rings is 2. The van der Waals surface area contributed by atoms with Gasteiger partial charge in [-0.3, -0.25) is 4.21 Å². The van der Waals surface area contributed by atoms with E-state index in [1.54, 1.807) is 6.07 Å². The van der Waals surface area contributed by atoms with Crippen molar-refractivity contribution in [1.29, 1.82) is 0 Å². The maximum atomic E-state index is 13.6. The smallest absolute Gasteiger partial charge is 0.141 e. The Hall–Kier alpha value is -1.20. The van der Waals surface area contributed by atoms with Gasteiger partial charge >= 0.3 is 0 Å². The van der Waals surface area contributed by atoms with Gasteiger partial charge in [-0.15, -0.1) is 0 Å². The number of nitrogen functional groups attached to an aromatic ring is 1. The molecule has 0 aromatic heterocycles. The van der Waals surface area contributed by atoms with E-state index in [0.29, 0.717) is 5.69 Å². The Morgan fingerprint density at radius 1 is 1.22 bits per heavy atom. The van der Waals surface area contributed by atoms with Crippen molar-refractivity contribution in [3.8, 4) is 0 Å². The van der Waals surface area contributed by atoms with E-state index in [4.69, 9.17) is 5.73 Å². The van der Waals surface area contributed by atoms with Crippen molar-refractivity contribution in [3.63, 3.8) is 0 Å². The first kappa shape index (κ1) is 13.2. The zero-order valence-corrected chi connectivity index (χ0v) is 11.8. The van der Waals surface area contributed by atoms with E-state index in [1.807, 2.05) is 24.3 Å². The van der Waals surface area contributed by atoms with Gasteiger partial charge in [0.15, 0.2) is 0 Å². The Labute approximate surface area is 116 Å². The van der Waals surface area contributed by atoms with Crippen molar-refractivity contribution in [2.75, 3.05) is 5.73 Å². The third kappa shape index (κ3) is 3.17. The third-order valence-corrected chi connectivity index (χ3v) is 4.30. The minimum absolute atomic E-state index is 0.184. The van der Waals surface area contributed by atoms with Crippen molar-refractivity contribution in [2.45, 2.75) is 10.6 Å². The van der Waals surface area contributed by atoms with Gasteiger partial charge in [0.1, 0.15) is 5.82 Å². The van der Waals surface area contributed by atoms with Crippen LogP contribution in [0.1, 0.15) is 5.56 Å². The van der Waals surface area contributed by atoms with Gasteiger partial charge in [-0.2, -0.15) is 0 Å². The Balaban J connectivity index is 2.22. The quantitative estimate of drug-likeness (QED) is 0.877. The molecule has 1 unspecified atom stereocenters. The van der Waals surface area contributed by atoms with Gasteiger partial charge in [-0.1, -0.05) is 28.1 Å². The van der Waals surface area contributed by atoms with Gasteiger partial charge in [-0.25, -0.2) is 4.39 Å². The average Bonchev–Trinajstić information content (AvgIpc) is 2.28.